The molecule has 0 aliphatic rings. The van der Waals surface area contributed by atoms with Gasteiger partial charge in [-0.2, -0.15) is 0 Å². The summed E-state index contributed by atoms with van der Waals surface area (Å²) in [6.45, 7) is 0. The van der Waals surface area contributed by atoms with Crippen LogP contribution in [0.15, 0.2) is 184 Å². The van der Waals surface area contributed by atoms with Crippen molar-refractivity contribution < 1.29 is 48.6 Å². The van der Waals surface area contributed by atoms with Gasteiger partial charge in [0.25, 0.3) is 0 Å². The monoisotopic (exact) mass is 776 g/mol. The van der Waals surface area contributed by atoms with Crippen molar-refractivity contribution in [2.75, 3.05) is 0 Å². The highest BCUT2D eigenvalue weighted by molar-refractivity contribution is 7.26. The highest BCUT2D eigenvalue weighted by atomic mass is 32.1. The molecule has 8 aromatic carbocycles. The van der Waals surface area contributed by atoms with Crippen LogP contribution >= 0.6 is 11.3 Å². The Hall–Kier alpha value is -7.41. The molecule has 0 amide bonds. The van der Waals surface area contributed by atoms with E-state index >= 15 is 0 Å². The van der Waals surface area contributed by atoms with Crippen molar-refractivity contribution in [3.8, 4) is 56.4 Å². The van der Waals surface area contributed by atoms with Crippen LogP contribution in [0.4, 0.5) is 0 Å². The molecule has 0 aliphatic heterocycles. The van der Waals surface area contributed by atoms with Crippen molar-refractivity contribution in [3.63, 3.8) is 0 Å². The standard InChI is InChI=1S/C51H29N3O2S/c1-3-11-30(12-4-1)49-52-50(31-13-5-2-6-14-31)54-51(53-49)34-19-22-37-40-25-32(20-23-45(40)56-46(37)29-34)35-27-39(48-42(28-35)38-16-8-10-18-47(38)57-48)33-21-24-44-41(26-33)36-15-7-9-17-43(36)55-44/h1-29H/i1D,2D,3D,4D,5D,6D,7D,8D,9D,10D,11D,12D,13D,14D,15D,16D,17D,18D,19D,20D,21D,22D,23D,24D,25D,26D,27D,28D,29D. The van der Waals surface area contributed by atoms with E-state index < -0.39 is 270 Å². The maximum absolute atomic E-state index is 10.0. The summed E-state index contributed by atoms with van der Waals surface area (Å²) in [4.78, 5) is 12.8. The van der Waals surface area contributed by atoms with E-state index in [1.807, 2.05) is 0 Å². The van der Waals surface area contributed by atoms with Crippen molar-refractivity contribution in [1.29, 1.82) is 0 Å². The van der Waals surface area contributed by atoms with Gasteiger partial charge < -0.3 is 8.83 Å². The molecule has 0 saturated heterocycles. The number of fused-ring (bicyclic) bond motifs is 9. The lowest BCUT2D eigenvalue weighted by molar-refractivity contribution is 0.668. The van der Waals surface area contributed by atoms with E-state index in [9.17, 15) is 13.7 Å². The van der Waals surface area contributed by atoms with Gasteiger partial charge >= 0.3 is 0 Å². The van der Waals surface area contributed by atoms with Crippen LogP contribution in [0, 0.1) is 0 Å². The maximum atomic E-state index is 10.0. The Bertz CT molecular complexity index is 5100. The molecule has 12 aromatic rings. The molecule has 57 heavy (non-hydrogen) atoms. The topological polar surface area (TPSA) is 65.0 Å². The number of nitrogens with zero attached hydrogens (tertiary/aromatic N) is 3. The van der Waals surface area contributed by atoms with Crippen LogP contribution in [0.25, 0.3) is 120 Å². The number of furan rings is 2. The fourth-order valence-electron chi connectivity index (χ4n) is 6.25. The summed E-state index contributed by atoms with van der Waals surface area (Å²) < 4.78 is 270. The number of benzene rings is 8. The third-order valence-electron chi connectivity index (χ3n) is 8.76. The number of thiophene rings is 1. The number of hydrogen-bond acceptors (Lipinski definition) is 6. The Labute approximate surface area is 370 Å². The molecule has 0 spiro atoms. The average molecular weight is 777 g/mol. The fourth-order valence-corrected chi connectivity index (χ4v) is 7.32. The summed E-state index contributed by atoms with van der Waals surface area (Å²) in [5.41, 5.74) is -7.15. The number of para-hydroxylation sites is 1. The van der Waals surface area contributed by atoms with Crippen LogP contribution in [0.1, 0.15) is 39.8 Å². The second-order valence-corrected chi connectivity index (χ2v) is 13.1. The zero-order valence-electron chi connectivity index (χ0n) is 57.1. The third kappa shape index (κ3) is 5.26. The first-order valence-electron chi connectivity index (χ1n) is 31.1. The Balaban J connectivity index is 1.19. The van der Waals surface area contributed by atoms with E-state index in [2.05, 4.69) is 15.0 Å². The van der Waals surface area contributed by atoms with Crippen molar-refractivity contribution in [3.05, 3.63) is 175 Å². The van der Waals surface area contributed by atoms with E-state index in [1.54, 1.807) is 0 Å². The maximum Gasteiger partial charge on any atom is 0.164 e. The fraction of sp³-hybridized carbons (Fsp3) is 0. The minimum Gasteiger partial charge on any atom is -0.456 e. The van der Waals surface area contributed by atoms with E-state index in [4.69, 9.17) is 34.9 Å². The van der Waals surface area contributed by atoms with Gasteiger partial charge in [-0.1, -0.05) is 115 Å². The Morgan fingerprint density at radius 3 is 1.61 bits per heavy atom. The van der Waals surface area contributed by atoms with Crippen LogP contribution < -0.4 is 0 Å². The van der Waals surface area contributed by atoms with Crippen molar-refractivity contribution in [2.45, 2.75) is 0 Å². The molecule has 0 atom stereocenters. The Morgan fingerprint density at radius 2 is 0.877 bits per heavy atom. The summed E-state index contributed by atoms with van der Waals surface area (Å²) >= 11 is 0.615. The summed E-state index contributed by atoms with van der Waals surface area (Å²) in [6, 6.07) is -23.9. The molecule has 266 valence electrons. The second-order valence-electron chi connectivity index (χ2n) is 12.1. The molecule has 0 saturated carbocycles. The van der Waals surface area contributed by atoms with Crippen LogP contribution in [0.5, 0.6) is 0 Å². The van der Waals surface area contributed by atoms with E-state index in [0.717, 1.165) is 0 Å². The van der Waals surface area contributed by atoms with Crippen molar-refractivity contribution in [1.82, 2.24) is 15.0 Å². The quantitative estimate of drug-likeness (QED) is 0.174. The van der Waals surface area contributed by atoms with Gasteiger partial charge in [0.05, 0.1) is 39.8 Å². The molecule has 0 N–H and O–H groups in total. The SMILES string of the molecule is [2H]c1c([2H])c([2H])c(-c2nc(-c3c([2H])c([2H])c([2H])c([2H])c3[2H])nc(-c3c([2H])c([2H])c4c(oc5c([2H])c([2H])c(-c6c([2H])c(-c7c([2H])c([2H])c8oc9c([2H])c([2H])c([2H])c([2H])c9c8c7[2H])c7sc8c([2H])c([2H])c([2H])c([2H])c8c7c6[2H])c([2H])c54)c3[2H])n2)c([2H])c1[2H]. The van der Waals surface area contributed by atoms with E-state index in [1.165, 1.54) is 0 Å². The molecule has 12 rings (SSSR count). The zero-order chi connectivity index (χ0) is 62.7. The van der Waals surface area contributed by atoms with Gasteiger partial charge in [-0.05, 0) is 77.1 Å². The predicted molar refractivity (Wildman–Crippen MR) is 234 cm³/mol. The summed E-state index contributed by atoms with van der Waals surface area (Å²) in [5, 5.41) is -2.62. The zero-order valence-corrected chi connectivity index (χ0v) is 28.9. The molecular formula is C51H29N3O2S. The first-order valence-corrected chi connectivity index (χ1v) is 17.4. The van der Waals surface area contributed by atoms with Crippen LogP contribution in [0.2, 0.25) is 0 Å². The minimum absolute atomic E-state index is 0.195. The predicted octanol–water partition coefficient (Wildman–Crippen LogP) is 14.4. The number of hydrogen-bond donors (Lipinski definition) is 0. The lowest BCUT2D eigenvalue weighted by Crippen LogP contribution is -2.00. The van der Waals surface area contributed by atoms with Crippen molar-refractivity contribution in [2.24, 2.45) is 0 Å². The number of aromatic nitrogens is 3. The van der Waals surface area contributed by atoms with E-state index in [0.29, 0.717) is 11.3 Å². The smallest absolute Gasteiger partial charge is 0.164 e. The van der Waals surface area contributed by atoms with Crippen LogP contribution in [-0.2, 0) is 0 Å². The second kappa shape index (κ2) is 12.6. The molecule has 0 aliphatic carbocycles. The molecule has 0 fully saturated rings. The van der Waals surface area contributed by atoms with Gasteiger partial charge in [-0.15, -0.1) is 11.3 Å². The van der Waals surface area contributed by atoms with E-state index in [-0.39, 0.29) is 25.6 Å². The van der Waals surface area contributed by atoms with Gasteiger partial charge in [0.15, 0.2) is 17.5 Å². The van der Waals surface area contributed by atoms with Gasteiger partial charge in [0.2, 0.25) is 0 Å². The average Bonchev–Trinajstić information content (AvgIpc) is 1.52. The van der Waals surface area contributed by atoms with Gasteiger partial charge in [0.1, 0.15) is 22.3 Å². The summed E-state index contributed by atoms with van der Waals surface area (Å²) in [6.07, 6.45) is 0. The van der Waals surface area contributed by atoms with Gasteiger partial charge in [0, 0.05) is 64.0 Å². The van der Waals surface area contributed by atoms with Crippen LogP contribution in [-0.4, -0.2) is 15.0 Å². The van der Waals surface area contributed by atoms with Crippen molar-refractivity contribution >= 4 is 75.4 Å². The molecule has 4 heterocycles. The first-order chi connectivity index (χ1) is 40.3. The molecule has 6 heteroatoms. The largest absolute Gasteiger partial charge is 0.456 e. The summed E-state index contributed by atoms with van der Waals surface area (Å²) in [5.74, 6) is -2.37. The summed E-state index contributed by atoms with van der Waals surface area (Å²) in [7, 11) is 0. The molecular weight excluding hydrogens is 719 g/mol. The Kier molecular flexibility index (Phi) is 3.22. The third-order valence-corrected chi connectivity index (χ3v) is 9.89. The Morgan fingerprint density at radius 1 is 0.351 bits per heavy atom. The highest BCUT2D eigenvalue weighted by Crippen LogP contribution is 2.45. The molecule has 0 bridgehead atoms. The lowest BCUT2D eigenvalue weighted by Gasteiger charge is -2.10. The molecule has 0 unspecified atom stereocenters. The molecule has 5 nitrogen and oxygen atoms in total. The lowest BCUT2D eigenvalue weighted by atomic mass is 9.94. The molecule has 4 aromatic heterocycles. The first kappa shape index (κ1) is 14.6. The van der Waals surface area contributed by atoms with Gasteiger partial charge in [-0.25, -0.2) is 15.0 Å². The normalized spacial score (nSPS) is 19.0. The molecule has 0 radical (unpaired) electrons. The minimum atomic E-state index is -0.966. The van der Waals surface area contributed by atoms with Crippen LogP contribution in [0.3, 0.4) is 0 Å². The van der Waals surface area contributed by atoms with Gasteiger partial charge in [-0.3, -0.25) is 0 Å². The number of rotatable bonds is 5. The highest BCUT2D eigenvalue weighted by Gasteiger charge is 2.18.